The van der Waals surface area contributed by atoms with Crippen LogP contribution in [0.3, 0.4) is 0 Å². The summed E-state index contributed by atoms with van der Waals surface area (Å²) >= 11 is 11.5. The summed E-state index contributed by atoms with van der Waals surface area (Å²) in [6, 6.07) is 13.3. The van der Waals surface area contributed by atoms with Crippen molar-refractivity contribution in [3.05, 3.63) is 68.4 Å². The highest BCUT2D eigenvalue weighted by Crippen LogP contribution is 2.28. The first-order valence-electron chi connectivity index (χ1n) is 6.25. The topological polar surface area (TPSA) is 76.8 Å². The molecule has 8 heteroatoms. The maximum absolute atomic E-state index is 10.7. The molecule has 1 heterocycles. The Kier molecular flexibility index (Phi) is 3.74. The fourth-order valence-corrected chi connectivity index (χ4v) is 2.54. The van der Waals surface area contributed by atoms with E-state index in [0.717, 1.165) is 5.56 Å². The molecule has 0 saturated carbocycles. The maximum Gasteiger partial charge on any atom is 0.269 e. The Labute approximate surface area is 135 Å². The van der Waals surface area contributed by atoms with Crippen molar-refractivity contribution in [2.75, 3.05) is 0 Å². The molecule has 0 bridgehead atoms. The van der Waals surface area contributed by atoms with E-state index in [4.69, 9.17) is 23.8 Å². The molecule has 3 rings (SSSR count). The molecule has 1 N–H and O–H groups in total. The summed E-state index contributed by atoms with van der Waals surface area (Å²) in [4.78, 5) is 10.3. The SMILES string of the molecule is O=[N+]([O-])c1ccc(-n2c(-c3ccccc3Cl)n[nH]c2=S)cc1. The van der Waals surface area contributed by atoms with Gasteiger partial charge in [0, 0.05) is 17.7 Å². The van der Waals surface area contributed by atoms with Crippen molar-refractivity contribution in [3.63, 3.8) is 0 Å². The highest BCUT2D eigenvalue weighted by atomic mass is 35.5. The minimum atomic E-state index is -0.451. The lowest BCUT2D eigenvalue weighted by atomic mass is 10.2. The van der Waals surface area contributed by atoms with Gasteiger partial charge < -0.3 is 0 Å². The van der Waals surface area contributed by atoms with Gasteiger partial charge in [-0.2, -0.15) is 5.10 Å². The predicted octanol–water partition coefficient (Wildman–Crippen LogP) is 4.16. The summed E-state index contributed by atoms with van der Waals surface area (Å²) in [5.41, 5.74) is 1.40. The van der Waals surface area contributed by atoms with Crippen LogP contribution in [0.4, 0.5) is 5.69 Å². The molecule has 6 nitrogen and oxygen atoms in total. The number of rotatable bonds is 3. The molecular weight excluding hydrogens is 324 g/mol. The van der Waals surface area contributed by atoms with E-state index < -0.39 is 4.92 Å². The number of nitro benzene ring substituents is 1. The summed E-state index contributed by atoms with van der Waals surface area (Å²) in [5, 5.41) is 18.2. The van der Waals surface area contributed by atoms with E-state index in [1.807, 2.05) is 18.2 Å². The lowest BCUT2D eigenvalue weighted by Crippen LogP contribution is -1.98. The van der Waals surface area contributed by atoms with Crippen LogP contribution in [0, 0.1) is 14.9 Å². The first-order chi connectivity index (χ1) is 10.6. The van der Waals surface area contributed by atoms with E-state index in [1.54, 1.807) is 22.8 Å². The number of H-pyrrole nitrogens is 1. The zero-order chi connectivity index (χ0) is 15.7. The summed E-state index contributed by atoms with van der Waals surface area (Å²) < 4.78 is 2.06. The minimum absolute atomic E-state index is 0.0121. The number of hydrogen-bond donors (Lipinski definition) is 1. The molecule has 0 aliphatic rings. The largest absolute Gasteiger partial charge is 0.269 e. The Morgan fingerprint density at radius 3 is 2.50 bits per heavy atom. The third kappa shape index (κ3) is 2.51. The second-order valence-corrected chi connectivity index (χ2v) is 5.24. The number of non-ortho nitro benzene ring substituents is 1. The number of aromatic nitrogens is 3. The van der Waals surface area contributed by atoms with E-state index in [2.05, 4.69) is 10.2 Å². The first-order valence-corrected chi connectivity index (χ1v) is 7.03. The van der Waals surface area contributed by atoms with Gasteiger partial charge in [0.25, 0.3) is 5.69 Å². The third-order valence-corrected chi connectivity index (χ3v) is 3.71. The Balaban J connectivity index is 2.16. The maximum atomic E-state index is 10.7. The molecular formula is C14H9ClN4O2S. The van der Waals surface area contributed by atoms with Crippen molar-refractivity contribution in [3.8, 4) is 17.1 Å². The molecule has 0 unspecified atom stereocenters. The molecule has 0 saturated heterocycles. The second-order valence-electron chi connectivity index (χ2n) is 4.44. The Bertz CT molecular complexity index is 902. The molecule has 0 atom stereocenters. The number of benzene rings is 2. The molecule has 0 spiro atoms. The standard InChI is InChI=1S/C14H9ClN4O2S/c15-12-4-2-1-3-11(12)13-16-17-14(22)18(13)9-5-7-10(8-6-9)19(20)21/h1-8H,(H,17,22). The van der Waals surface area contributed by atoms with E-state index >= 15 is 0 Å². The van der Waals surface area contributed by atoms with Crippen molar-refractivity contribution < 1.29 is 4.92 Å². The van der Waals surface area contributed by atoms with E-state index in [1.165, 1.54) is 12.1 Å². The van der Waals surface area contributed by atoms with Crippen LogP contribution < -0.4 is 0 Å². The highest BCUT2D eigenvalue weighted by Gasteiger charge is 2.14. The average molecular weight is 333 g/mol. The van der Waals surface area contributed by atoms with Crippen LogP contribution in [0.5, 0.6) is 0 Å². The lowest BCUT2D eigenvalue weighted by molar-refractivity contribution is -0.384. The average Bonchev–Trinajstić information content (AvgIpc) is 2.89. The van der Waals surface area contributed by atoms with Gasteiger partial charge in [-0.3, -0.25) is 19.8 Å². The van der Waals surface area contributed by atoms with E-state index in [0.29, 0.717) is 21.3 Å². The molecule has 0 radical (unpaired) electrons. The third-order valence-electron chi connectivity index (χ3n) is 3.11. The number of hydrogen-bond acceptors (Lipinski definition) is 4. The van der Waals surface area contributed by atoms with Gasteiger partial charge in [0.15, 0.2) is 10.6 Å². The highest BCUT2D eigenvalue weighted by molar-refractivity contribution is 7.71. The molecule has 2 aromatic carbocycles. The van der Waals surface area contributed by atoms with Crippen LogP contribution in [0.25, 0.3) is 17.1 Å². The Hall–Kier alpha value is -2.51. The van der Waals surface area contributed by atoms with E-state index in [9.17, 15) is 10.1 Å². The molecule has 22 heavy (non-hydrogen) atoms. The summed E-state index contributed by atoms with van der Waals surface area (Å²) in [6.07, 6.45) is 0. The molecule has 0 aliphatic carbocycles. The van der Waals surface area contributed by atoms with Gasteiger partial charge in [-0.15, -0.1) is 0 Å². The van der Waals surface area contributed by atoms with Crippen molar-refractivity contribution in [2.24, 2.45) is 0 Å². The van der Waals surface area contributed by atoms with Gasteiger partial charge in [0.05, 0.1) is 15.6 Å². The summed E-state index contributed by atoms with van der Waals surface area (Å²) in [6.45, 7) is 0. The Morgan fingerprint density at radius 1 is 1.18 bits per heavy atom. The fourth-order valence-electron chi connectivity index (χ4n) is 2.08. The van der Waals surface area contributed by atoms with Gasteiger partial charge >= 0.3 is 0 Å². The van der Waals surface area contributed by atoms with Crippen molar-refractivity contribution in [2.45, 2.75) is 0 Å². The molecule has 0 aliphatic heterocycles. The number of nitrogens with zero attached hydrogens (tertiary/aromatic N) is 3. The zero-order valence-corrected chi connectivity index (χ0v) is 12.6. The Morgan fingerprint density at radius 2 is 1.86 bits per heavy atom. The number of nitro groups is 1. The quantitative estimate of drug-likeness (QED) is 0.444. The molecule has 1 aromatic heterocycles. The van der Waals surface area contributed by atoms with Crippen LogP contribution in [-0.4, -0.2) is 19.7 Å². The predicted molar refractivity (Wildman–Crippen MR) is 85.8 cm³/mol. The molecule has 0 fully saturated rings. The summed E-state index contributed by atoms with van der Waals surface area (Å²) in [7, 11) is 0. The van der Waals surface area contributed by atoms with Crippen molar-refractivity contribution >= 4 is 29.5 Å². The van der Waals surface area contributed by atoms with Crippen molar-refractivity contribution in [1.82, 2.24) is 14.8 Å². The van der Waals surface area contributed by atoms with Crippen LogP contribution in [-0.2, 0) is 0 Å². The fraction of sp³-hybridized carbons (Fsp3) is 0. The monoisotopic (exact) mass is 332 g/mol. The molecule has 3 aromatic rings. The van der Waals surface area contributed by atoms with Crippen LogP contribution in [0.2, 0.25) is 5.02 Å². The number of nitrogens with one attached hydrogen (secondary N) is 1. The lowest BCUT2D eigenvalue weighted by Gasteiger charge is -2.08. The minimum Gasteiger partial charge on any atom is -0.268 e. The number of halogens is 1. The molecule has 0 amide bonds. The van der Waals surface area contributed by atoms with Gasteiger partial charge in [-0.05, 0) is 36.5 Å². The van der Waals surface area contributed by atoms with Gasteiger partial charge in [0.1, 0.15) is 0 Å². The zero-order valence-electron chi connectivity index (χ0n) is 11.1. The second kappa shape index (κ2) is 5.70. The first kappa shape index (κ1) is 14.4. The van der Waals surface area contributed by atoms with Crippen molar-refractivity contribution in [1.29, 1.82) is 0 Å². The van der Waals surface area contributed by atoms with Gasteiger partial charge in [0.2, 0.25) is 0 Å². The van der Waals surface area contributed by atoms with Gasteiger partial charge in [-0.25, -0.2) is 0 Å². The summed E-state index contributed by atoms with van der Waals surface area (Å²) in [5.74, 6) is 0.546. The van der Waals surface area contributed by atoms with Gasteiger partial charge in [-0.1, -0.05) is 23.7 Å². The number of aromatic amines is 1. The van der Waals surface area contributed by atoms with Crippen LogP contribution in [0.1, 0.15) is 0 Å². The smallest absolute Gasteiger partial charge is 0.268 e. The van der Waals surface area contributed by atoms with Crippen LogP contribution >= 0.6 is 23.8 Å². The normalized spacial score (nSPS) is 10.6. The molecule has 110 valence electrons. The van der Waals surface area contributed by atoms with Crippen LogP contribution in [0.15, 0.2) is 48.5 Å². The van der Waals surface area contributed by atoms with E-state index in [-0.39, 0.29) is 5.69 Å².